The van der Waals surface area contributed by atoms with E-state index in [1.54, 1.807) is 0 Å². The molecular formula is C21H19N3O3S. The fourth-order valence-electron chi connectivity index (χ4n) is 4.18. The van der Waals surface area contributed by atoms with Crippen LogP contribution in [0.1, 0.15) is 12.2 Å². The molecule has 1 unspecified atom stereocenters. The molecule has 2 aromatic carbocycles. The maximum atomic E-state index is 12.9. The Hall–Kier alpha value is -2.93. The van der Waals surface area contributed by atoms with Crippen molar-refractivity contribution in [2.24, 2.45) is 5.92 Å². The number of carbonyl (C=O) groups excluding carboxylic acids is 1. The molecule has 1 aliphatic rings. The van der Waals surface area contributed by atoms with Gasteiger partial charge in [-0.3, -0.25) is 9.20 Å². The van der Waals surface area contributed by atoms with Gasteiger partial charge in [-0.15, -0.1) is 0 Å². The van der Waals surface area contributed by atoms with E-state index in [1.165, 1.54) is 0 Å². The van der Waals surface area contributed by atoms with Gasteiger partial charge in [-0.05, 0) is 25.5 Å². The van der Waals surface area contributed by atoms with Gasteiger partial charge in [-0.25, -0.2) is 13.4 Å². The number of hydrogen-bond donors (Lipinski definition) is 1. The molecule has 1 atom stereocenters. The van der Waals surface area contributed by atoms with Crippen molar-refractivity contribution in [1.29, 1.82) is 0 Å². The first-order chi connectivity index (χ1) is 13.4. The van der Waals surface area contributed by atoms with Crippen LogP contribution in [0.15, 0.2) is 48.5 Å². The lowest BCUT2D eigenvalue weighted by molar-refractivity contribution is -0.119. The minimum atomic E-state index is -3.12. The maximum absolute atomic E-state index is 12.9. The van der Waals surface area contributed by atoms with Crippen molar-refractivity contribution >= 4 is 48.8 Å². The first kappa shape index (κ1) is 17.2. The van der Waals surface area contributed by atoms with Gasteiger partial charge in [0.1, 0.15) is 5.82 Å². The van der Waals surface area contributed by atoms with Crippen molar-refractivity contribution in [2.75, 3.05) is 16.8 Å². The minimum absolute atomic E-state index is 0.0777. The second kappa shape index (κ2) is 6.04. The van der Waals surface area contributed by atoms with Crippen LogP contribution < -0.4 is 5.32 Å². The standard InChI is InChI=1S/C21H19N3O3S/c1-13-22-17-8-4-2-6-15(17)20-19(16-7-3-5-9-18(16)24(13)20)23-21(25)14-10-11-28(26,27)12-14/h2-9,14H,10-12H2,1H3,(H,23,25). The second-order valence-corrected chi connectivity index (χ2v) is 9.57. The van der Waals surface area contributed by atoms with Crippen molar-refractivity contribution in [3.05, 3.63) is 54.4 Å². The average Bonchev–Trinajstić information content (AvgIpc) is 3.20. The normalized spacial score (nSPS) is 18.8. The molecule has 0 radical (unpaired) electrons. The highest BCUT2D eigenvalue weighted by Crippen LogP contribution is 2.37. The van der Waals surface area contributed by atoms with E-state index in [4.69, 9.17) is 4.98 Å². The van der Waals surface area contributed by atoms with E-state index in [0.29, 0.717) is 12.1 Å². The number of anilines is 1. The molecular weight excluding hydrogens is 374 g/mol. The lowest BCUT2D eigenvalue weighted by Crippen LogP contribution is -2.23. The first-order valence-corrected chi connectivity index (χ1v) is 11.1. The smallest absolute Gasteiger partial charge is 0.228 e. The summed E-state index contributed by atoms with van der Waals surface area (Å²) < 4.78 is 25.7. The Bertz CT molecular complexity index is 1370. The zero-order valence-electron chi connectivity index (χ0n) is 15.3. The van der Waals surface area contributed by atoms with E-state index >= 15 is 0 Å². The molecule has 0 spiro atoms. The number of rotatable bonds is 2. The van der Waals surface area contributed by atoms with E-state index in [0.717, 1.165) is 33.1 Å². The SMILES string of the molecule is Cc1nc2ccccc2c2c(NC(=O)C3CCS(=O)(=O)C3)c3ccccc3n12. The van der Waals surface area contributed by atoms with Crippen molar-refractivity contribution in [3.63, 3.8) is 0 Å². The quantitative estimate of drug-likeness (QED) is 0.566. The van der Waals surface area contributed by atoms with E-state index in [1.807, 2.05) is 55.5 Å². The van der Waals surface area contributed by atoms with Gasteiger partial charge in [0, 0.05) is 10.8 Å². The Labute approximate surface area is 162 Å². The fourth-order valence-corrected chi connectivity index (χ4v) is 5.92. The number of amides is 1. The maximum Gasteiger partial charge on any atom is 0.228 e. The molecule has 2 aromatic heterocycles. The highest BCUT2D eigenvalue weighted by atomic mass is 32.2. The molecule has 5 rings (SSSR count). The summed E-state index contributed by atoms with van der Waals surface area (Å²) in [5.74, 6) is 0.0812. The summed E-state index contributed by atoms with van der Waals surface area (Å²) in [6, 6.07) is 15.7. The molecule has 1 saturated heterocycles. The number of nitrogens with zero attached hydrogens (tertiary/aromatic N) is 2. The van der Waals surface area contributed by atoms with Crippen LogP contribution in [-0.4, -0.2) is 35.2 Å². The van der Waals surface area contributed by atoms with E-state index < -0.39 is 15.8 Å². The molecule has 7 heteroatoms. The molecule has 0 saturated carbocycles. The van der Waals surface area contributed by atoms with Crippen LogP contribution in [0.2, 0.25) is 0 Å². The number of nitrogens with one attached hydrogen (secondary N) is 1. The molecule has 6 nitrogen and oxygen atoms in total. The van der Waals surface area contributed by atoms with Crippen LogP contribution in [0.5, 0.6) is 0 Å². The molecule has 1 aliphatic heterocycles. The molecule has 0 aliphatic carbocycles. The van der Waals surface area contributed by atoms with Gasteiger partial charge in [0.05, 0.1) is 39.7 Å². The third-order valence-corrected chi connectivity index (χ3v) is 7.26. The Morgan fingerprint density at radius 1 is 1.11 bits per heavy atom. The Balaban J connectivity index is 1.76. The summed E-state index contributed by atoms with van der Waals surface area (Å²) in [6.45, 7) is 1.95. The number of aryl methyl sites for hydroxylation is 1. The summed E-state index contributed by atoms with van der Waals surface area (Å²) in [6.07, 6.45) is 0.374. The molecule has 1 amide bonds. The monoisotopic (exact) mass is 393 g/mol. The molecule has 3 heterocycles. The largest absolute Gasteiger partial charge is 0.323 e. The van der Waals surface area contributed by atoms with E-state index in [-0.39, 0.29) is 17.4 Å². The highest BCUT2D eigenvalue weighted by Gasteiger charge is 2.33. The highest BCUT2D eigenvalue weighted by molar-refractivity contribution is 7.91. The van der Waals surface area contributed by atoms with Gasteiger partial charge in [0.25, 0.3) is 0 Å². The zero-order valence-corrected chi connectivity index (χ0v) is 16.2. The third-order valence-electron chi connectivity index (χ3n) is 5.49. The first-order valence-electron chi connectivity index (χ1n) is 9.24. The topological polar surface area (TPSA) is 80.5 Å². The van der Waals surface area contributed by atoms with Gasteiger partial charge < -0.3 is 5.32 Å². The predicted molar refractivity (Wildman–Crippen MR) is 110 cm³/mol. The molecule has 28 heavy (non-hydrogen) atoms. The Morgan fingerprint density at radius 3 is 2.57 bits per heavy atom. The van der Waals surface area contributed by atoms with E-state index in [9.17, 15) is 13.2 Å². The number of hydrogen-bond acceptors (Lipinski definition) is 4. The molecule has 1 fully saturated rings. The second-order valence-electron chi connectivity index (χ2n) is 7.34. The summed E-state index contributed by atoms with van der Waals surface area (Å²) in [4.78, 5) is 17.6. The number of aromatic nitrogens is 2. The van der Waals surface area contributed by atoms with Gasteiger partial charge >= 0.3 is 0 Å². The lowest BCUT2D eigenvalue weighted by Gasteiger charge is -2.11. The molecule has 142 valence electrons. The van der Waals surface area contributed by atoms with Gasteiger partial charge in [-0.2, -0.15) is 0 Å². The van der Waals surface area contributed by atoms with Crippen LogP contribution in [0, 0.1) is 12.8 Å². The zero-order chi connectivity index (χ0) is 19.5. The van der Waals surface area contributed by atoms with Crippen LogP contribution in [0.3, 0.4) is 0 Å². The number of para-hydroxylation sites is 2. The van der Waals surface area contributed by atoms with Gasteiger partial charge in [0.2, 0.25) is 5.91 Å². The molecule has 1 N–H and O–H groups in total. The van der Waals surface area contributed by atoms with Gasteiger partial charge in [0.15, 0.2) is 9.84 Å². The van der Waals surface area contributed by atoms with Crippen molar-refractivity contribution in [1.82, 2.24) is 9.38 Å². The van der Waals surface area contributed by atoms with Crippen molar-refractivity contribution < 1.29 is 13.2 Å². The van der Waals surface area contributed by atoms with Gasteiger partial charge in [-0.1, -0.05) is 36.4 Å². The number of benzene rings is 2. The Morgan fingerprint density at radius 2 is 1.82 bits per heavy atom. The van der Waals surface area contributed by atoms with Crippen molar-refractivity contribution in [3.8, 4) is 0 Å². The lowest BCUT2D eigenvalue weighted by atomic mass is 10.1. The van der Waals surface area contributed by atoms with Crippen molar-refractivity contribution in [2.45, 2.75) is 13.3 Å². The predicted octanol–water partition coefficient (Wildman–Crippen LogP) is 3.32. The summed E-state index contributed by atoms with van der Waals surface area (Å²) >= 11 is 0. The summed E-state index contributed by atoms with van der Waals surface area (Å²) in [5.41, 5.74) is 3.42. The molecule has 0 bridgehead atoms. The third kappa shape index (κ3) is 2.57. The van der Waals surface area contributed by atoms with Crippen LogP contribution >= 0.6 is 0 Å². The van der Waals surface area contributed by atoms with Crippen LogP contribution in [0.25, 0.3) is 27.3 Å². The van der Waals surface area contributed by atoms with Crippen LogP contribution in [-0.2, 0) is 14.6 Å². The van der Waals surface area contributed by atoms with Crippen LogP contribution in [0.4, 0.5) is 5.69 Å². The minimum Gasteiger partial charge on any atom is -0.323 e. The average molecular weight is 393 g/mol. The summed E-state index contributed by atoms with van der Waals surface area (Å²) in [7, 11) is -3.12. The number of carbonyl (C=O) groups is 1. The number of fused-ring (bicyclic) bond motifs is 5. The fraction of sp³-hybridized carbons (Fsp3) is 0.238. The summed E-state index contributed by atoms with van der Waals surface area (Å²) in [5, 5.41) is 4.91. The molecule has 4 aromatic rings. The Kier molecular flexibility index (Phi) is 3.71. The number of sulfone groups is 1. The van der Waals surface area contributed by atoms with E-state index in [2.05, 4.69) is 9.72 Å².